The summed E-state index contributed by atoms with van der Waals surface area (Å²) in [6.45, 7) is 0. The van der Waals surface area contributed by atoms with Gasteiger partial charge >= 0.3 is 0 Å². The second-order valence-electron chi connectivity index (χ2n) is 7.44. The smallest absolute Gasteiger partial charge is 0.261 e. The number of carbonyl (C=O) groups excluding carboxylic acids is 1. The van der Waals surface area contributed by atoms with Gasteiger partial charge in [-0.15, -0.1) is 0 Å². The van der Waals surface area contributed by atoms with Gasteiger partial charge in [-0.25, -0.2) is 0 Å². The van der Waals surface area contributed by atoms with E-state index in [1.807, 2.05) is 60.7 Å². The van der Waals surface area contributed by atoms with Gasteiger partial charge in [0.05, 0.1) is 12.7 Å². The lowest BCUT2D eigenvalue weighted by Crippen LogP contribution is -2.38. The molecular weight excluding hydrogens is 484 g/mol. The molecule has 0 aliphatic carbocycles. The van der Waals surface area contributed by atoms with Gasteiger partial charge in [-0.05, 0) is 48.5 Å². The molecule has 0 bridgehead atoms. The minimum absolute atomic E-state index is 0.00754. The van der Waals surface area contributed by atoms with Crippen LogP contribution in [0.3, 0.4) is 0 Å². The van der Waals surface area contributed by atoms with E-state index in [1.165, 1.54) is 7.11 Å². The summed E-state index contributed by atoms with van der Waals surface area (Å²) >= 11 is 13.2. The first-order chi connectivity index (χ1) is 16.6. The highest BCUT2D eigenvalue weighted by Gasteiger charge is 2.52. The van der Waals surface area contributed by atoms with Crippen LogP contribution < -0.4 is 26.0 Å². The summed E-state index contributed by atoms with van der Waals surface area (Å²) in [5.74, 6) is 0.117. The van der Waals surface area contributed by atoms with E-state index in [-0.39, 0.29) is 10.4 Å². The fourth-order valence-electron chi connectivity index (χ4n) is 4.05. The van der Waals surface area contributed by atoms with Crippen LogP contribution in [-0.2, 0) is 0 Å². The molecule has 4 rings (SSSR count). The van der Waals surface area contributed by atoms with E-state index < -0.39 is 7.26 Å². The van der Waals surface area contributed by atoms with Crippen molar-refractivity contribution in [2.45, 2.75) is 0 Å². The number of rotatable bonds is 7. The lowest BCUT2D eigenvalue weighted by molar-refractivity contribution is 0.0965. The number of amides is 1. The van der Waals surface area contributed by atoms with Crippen molar-refractivity contribution in [3.8, 4) is 5.75 Å². The standard InChI is InChI=1S/C28H22Cl2NO2P/c1-33-25-20-12-11-19-24(25)27(32)31-28(26(29)30)34(21-13-5-2-6-14-21,22-15-7-3-8-16-22)23-17-9-4-10-18-23/h2-20H,1H3/p+1. The van der Waals surface area contributed by atoms with Crippen LogP contribution in [0.25, 0.3) is 0 Å². The quantitative estimate of drug-likeness (QED) is 0.311. The van der Waals surface area contributed by atoms with Crippen LogP contribution >= 0.6 is 30.5 Å². The summed E-state index contributed by atoms with van der Waals surface area (Å²) in [7, 11) is -1.14. The van der Waals surface area contributed by atoms with Gasteiger partial charge in [0.1, 0.15) is 21.7 Å². The summed E-state index contributed by atoms with van der Waals surface area (Å²) in [4.78, 5) is 13.6. The van der Waals surface area contributed by atoms with E-state index in [2.05, 4.69) is 41.7 Å². The Morgan fingerprint density at radius 3 is 1.50 bits per heavy atom. The number of hydrogen-bond acceptors (Lipinski definition) is 2. The third kappa shape index (κ3) is 4.60. The molecule has 0 heterocycles. The maximum atomic E-state index is 13.6. The normalized spacial score (nSPS) is 10.9. The molecule has 3 nitrogen and oxygen atoms in total. The summed E-state index contributed by atoms with van der Waals surface area (Å²) in [6.07, 6.45) is 0. The molecule has 0 unspecified atom stereocenters. The van der Waals surface area contributed by atoms with E-state index in [9.17, 15) is 4.79 Å². The lowest BCUT2D eigenvalue weighted by Gasteiger charge is -2.29. The van der Waals surface area contributed by atoms with Crippen molar-refractivity contribution in [1.82, 2.24) is 5.32 Å². The molecule has 170 valence electrons. The van der Waals surface area contributed by atoms with Gasteiger partial charge in [0, 0.05) is 0 Å². The largest absolute Gasteiger partial charge is 0.496 e. The number of benzene rings is 4. The number of ether oxygens (including phenoxy) is 1. The SMILES string of the molecule is COc1ccccc1C(=O)NC(=C(Cl)Cl)[P+](c1ccccc1)(c1ccccc1)c1ccccc1. The average Bonchev–Trinajstić information content (AvgIpc) is 2.90. The number of halogens is 2. The number of nitrogens with one attached hydrogen (secondary N) is 1. The van der Waals surface area contributed by atoms with Crippen molar-refractivity contribution in [2.24, 2.45) is 0 Å². The average molecular weight is 507 g/mol. The van der Waals surface area contributed by atoms with Gasteiger partial charge in [0.25, 0.3) is 5.91 Å². The van der Waals surface area contributed by atoms with E-state index in [4.69, 9.17) is 27.9 Å². The van der Waals surface area contributed by atoms with Crippen LogP contribution in [0, 0.1) is 0 Å². The molecule has 0 spiro atoms. The second kappa shape index (κ2) is 10.9. The molecule has 0 fully saturated rings. The first-order valence-electron chi connectivity index (χ1n) is 10.6. The van der Waals surface area contributed by atoms with Crippen molar-refractivity contribution < 1.29 is 9.53 Å². The van der Waals surface area contributed by atoms with Gasteiger partial charge in [-0.3, -0.25) is 10.1 Å². The summed E-state index contributed by atoms with van der Waals surface area (Å²) in [5.41, 5.74) is 0.861. The highest BCUT2D eigenvalue weighted by molar-refractivity contribution is 7.99. The zero-order chi connectivity index (χ0) is 24.0. The predicted octanol–water partition coefficient (Wildman–Crippen LogP) is 6.02. The Labute approximate surface area is 210 Å². The molecule has 1 N–H and O–H groups in total. The Bertz CT molecular complexity index is 1200. The Morgan fingerprint density at radius 2 is 1.09 bits per heavy atom. The number of methoxy groups -OCH3 is 1. The summed E-state index contributed by atoms with van der Waals surface area (Å²) in [6, 6.07) is 37.2. The van der Waals surface area contributed by atoms with Gasteiger partial charge < -0.3 is 4.74 Å². The molecule has 0 radical (unpaired) electrons. The molecule has 0 saturated heterocycles. The Kier molecular flexibility index (Phi) is 7.70. The van der Waals surface area contributed by atoms with Crippen LogP contribution in [0.5, 0.6) is 5.75 Å². The first kappa shape index (κ1) is 24.0. The maximum Gasteiger partial charge on any atom is 0.261 e. The third-order valence-corrected chi connectivity index (χ3v) is 10.4. The molecule has 34 heavy (non-hydrogen) atoms. The molecule has 0 aromatic heterocycles. The van der Waals surface area contributed by atoms with Crippen molar-refractivity contribution in [3.63, 3.8) is 0 Å². The molecule has 4 aromatic carbocycles. The molecule has 1 amide bonds. The van der Waals surface area contributed by atoms with Crippen LogP contribution in [-0.4, -0.2) is 13.0 Å². The summed E-state index contributed by atoms with van der Waals surface area (Å²) < 4.78 is 5.42. The van der Waals surface area contributed by atoms with E-state index in [1.54, 1.807) is 18.2 Å². The fraction of sp³-hybridized carbons (Fsp3) is 0.0357. The zero-order valence-electron chi connectivity index (χ0n) is 18.5. The first-order valence-corrected chi connectivity index (χ1v) is 13.2. The molecule has 0 aliphatic heterocycles. The van der Waals surface area contributed by atoms with Crippen molar-refractivity contribution in [1.29, 1.82) is 0 Å². The van der Waals surface area contributed by atoms with Gasteiger partial charge in [-0.2, -0.15) is 0 Å². The maximum absolute atomic E-state index is 13.6. The van der Waals surface area contributed by atoms with Gasteiger partial charge in [-0.1, -0.05) is 89.9 Å². The van der Waals surface area contributed by atoms with E-state index in [0.29, 0.717) is 16.8 Å². The molecule has 4 aromatic rings. The van der Waals surface area contributed by atoms with Crippen molar-refractivity contribution in [3.05, 3.63) is 131 Å². The van der Waals surface area contributed by atoms with Gasteiger partial charge in [0.15, 0.2) is 11.8 Å². The zero-order valence-corrected chi connectivity index (χ0v) is 20.9. The Balaban J connectivity index is 2.00. The van der Waals surface area contributed by atoms with E-state index >= 15 is 0 Å². The topological polar surface area (TPSA) is 38.3 Å². The van der Waals surface area contributed by atoms with Crippen LogP contribution in [0.4, 0.5) is 0 Å². The molecule has 0 saturated carbocycles. The lowest BCUT2D eigenvalue weighted by atomic mass is 10.2. The summed E-state index contributed by atoms with van der Waals surface area (Å²) in [5, 5.41) is 6.14. The Hall–Kier alpha value is -3.10. The minimum atomic E-state index is -2.67. The highest BCUT2D eigenvalue weighted by Crippen LogP contribution is 2.63. The molecule has 0 atom stereocenters. The van der Waals surface area contributed by atoms with Crippen LogP contribution in [0.2, 0.25) is 0 Å². The molecule has 6 heteroatoms. The second-order valence-corrected chi connectivity index (χ2v) is 11.7. The predicted molar refractivity (Wildman–Crippen MR) is 144 cm³/mol. The highest BCUT2D eigenvalue weighted by atomic mass is 35.5. The van der Waals surface area contributed by atoms with Crippen molar-refractivity contribution >= 4 is 52.3 Å². The third-order valence-electron chi connectivity index (χ3n) is 5.53. The van der Waals surface area contributed by atoms with E-state index in [0.717, 1.165) is 15.9 Å². The monoisotopic (exact) mass is 506 g/mol. The van der Waals surface area contributed by atoms with Crippen LogP contribution in [0.15, 0.2) is 125 Å². The van der Waals surface area contributed by atoms with Gasteiger partial charge in [0.2, 0.25) is 5.44 Å². The number of para-hydroxylation sites is 1. The number of hydrogen-bond donors (Lipinski definition) is 1. The molecule has 0 aliphatic rings. The molecular formula is C28H23Cl2NO2P+. The van der Waals surface area contributed by atoms with Crippen LogP contribution in [0.1, 0.15) is 10.4 Å². The van der Waals surface area contributed by atoms with Crippen molar-refractivity contribution in [2.75, 3.05) is 7.11 Å². The Morgan fingerprint density at radius 1 is 0.676 bits per heavy atom. The number of carbonyl (C=O) groups is 1. The minimum Gasteiger partial charge on any atom is -0.496 e. The fourth-order valence-corrected chi connectivity index (χ4v) is 8.96.